The van der Waals surface area contributed by atoms with Crippen LogP contribution in [-0.4, -0.2) is 29.5 Å². The molecular formula is C13H23N3S. The number of likely N-dealkylation sites (tertiary alicyclic amines) is 1. The molecule has 1 aromatic rings. The third-order valence-electron chi connectivity index (χ3n) is 3.32. The molecule has 0 bridgehead atoms. The first-order valence-corrected chi connectivity index (χ1v) is 7.33. The largest absolute Gasteiger partial charge is 0.330 e. The lowest BCUT2D eigenvalue weighted by atomic mass is 9.84. The molecule has 96 valence electrons. The van der Waals surface area contributed by atoms with Gasteiger partial charge in [0.1, 0.15) is 0 Å². The van der Waals surface area contributed by atoms with Crippen molar-refractivity contribution in [2.75, 3.05) is 19.6 Å². The fourth-order valence-electron chi connectivity index (χ4n) is 2.57. The predicted octanol–water partition coefficient (Wildman–Crippen LogP) is 2.27. The van der Waals surface area contributed by atoms with Crippen molar-refractivity contribution in [3.05, 3.63) is 16.1 Å². The molecule has 1 aromatic heterocycles. The zero-order valence-corrected chi connectivity index (χ0v) is 11.7. The maximum atomic E-state index is 5.55. The van der Waals surface area contributed by atoms with Crippen LogP contribution >= 0.6 is 11.3 Å². The van der Waals surface area contributed by atoms with Crippen molar-refractivity contribution in [3.63, 3.8) is 0 Å². The van der Waals surface area contributed by atoms with E-state index < -0.39 is 0 Å². The summed E-state index contributed by atoms with van der Waals surface area (Å²) in [6.07, 6.45) is 3.57. The molecule has 4 heteroatoms. The topological polar surface area (TPSA) is 42.1 Å². The van der Waals surface area contributed by atoms with Gasteiger partial charge in [0.15, 0.2) is 0 Å². The summed E-state index contributed by atoms with van der Waals surface area (Å²) in [6, 6.07) is 0. The van der Waals surface area contributed by atoms with Crippen LogP contribution < -0.4 is 5.73 Å². The van der Waals surface area contributed by atoms with Crippen molar-refractivity contribution in [1.82, 2.24) is 9.88 Å². The van der Waals surface area contributed by atoms with E-state index in [0.717, 1.165) is 13.0 Å². The zero-order valence-electron chi connectivity index (χ0n) is 10.9. The highest BCUT2D eigenvalue weighted by molar-refractivity contribution is 7.09. The van der Waals surface area contributed by atoms with Gasteiger partial charge in [0.25, 0.3) is 0 Å². The molecule has 1 saturated heterocycles. The van der Waals surface area contributed by atoms with Crippen LogP contribution in [-0.2, 0) is 13.0 Å². The van der Waals surface area contributed by atoms with Crippen LogP contribution in [0.2, 0.25) is 0 Å². The Labute approximate surface area is 108 Å². The molecule has 0 unspecified atom stereocenters. The number of thiazole rings is 1. The molecule has 0 aliphatic carbocycles. The minimum absolute atomic E-state index is 0.467. The number of nitrogens with two attached hydrogens (primary N) is 1. The molecule has 2 rings (SSSR count). The second-order valence-corrected chi connectivity index (χ2v) is 6.69. The summed E-state index contributed by atoms with van der Waals surface area (Å²) in [7, 11) is 0. The second-order valence-electron chi connectivity index (χ2n) is 5.75. The lowest BCUT2D eigenvalue weighted by molar-refractivity contribution is 0.110. The first-order chi connectivity index (χ1) is 8.09. The standard InChI is InChI=1S/C13H23N3S/c1-13(2)5-3-7-16(10-13)8-11-9-17-12(15-11)4-6-14/h9H,3-8,10,14H2,1-2H3. The number of aromatic nitrogens is 1. The zero-order chi connectivity index (χ0) is 12.3. The Balaban J connectivity index is 1.91. The minimum atomic E-state index is 0.467. The Hall–Kier alpha value is -0.450. The van der Waals surface area contributed by atoms with E-state index in [9.17, 15) is 0 Å². The molecule has 0 spiro atoms. The molecule has 1 fully saturated rings. The Bertz CT molecular complexity index is 359. The van der Waals surface area contributed by atoms with Crippen LogP contribution in [0.3, 0.4) is 0 Å². The monoisotopic (exact) mass is 253 g/mol. The second kappa shape index (κ2) is 5.46. The maximum Gasteiger partial charge on any atom is 0.0941 e. The van der Waals surface area contributed by atoms with E-state index >= 15 is 0 Å². The van der Waals surface area contributed by atoms with Gasteiger partial charge >= 0.3 is 0 Å². The van der Waals surface area contributed by atoms with E-state index in [4.69, 9.17) is 5.73 Å². The summed E-state index contributed by atoms with van der Waals surface area (Å²) < 4.78 is 0. The highest BCUT2D eigenvalue weighted by atomic mass is 32.1. The molecule has 0 atom stereocenters. The van der Waals surface area contributed by atoms with Gasteiger partial charge in [-0.3, -0.25) is 4.90 Å². The molecule has 0 radical (unpaired) electrons. The van der Waals surface area contributed by atoms with Crippen LogP contribution in [0.15, 0.2) is 5.38 Å². The van der Waals surface area contributed by atoms with Crippen molar-refractivity contribution < 1.29 is 0 Å². The quantitative estimate of drug-likeness (QED) is 0.895. The molecule has 0 amide bonds. The van der Waals surface area contributed by atoms with Crippen LogP contribution in [0.25, 0.3) is 0 Å². The summed E-state index contributed by atoms with van der Waals surface area (Å²) in [5.74, 6) is 0. The average Bonchev–Trinajstić information content (AvgIpc) is 2.64. The Morgan fingerprint density at radius 3 is 3.06 bits per heavy atom. The highest BCUT2D eigenvalue weighted by Crippen LogP contribution is 2.29. The smallest absolute Gasteiger partial charge is 0.0941 e. The van der Waals surface area contributed by atoms with Crippen LogP contribution in [0, 0.1) is 5.41 Å². The van der Waals surface area contributed by atoms with E-state index in [1.54, 1.807) is 11.3 Å². The number of nitrogens with zero attached hydrogens (tertiary/aromatic N) is 2. The van der Waals surface area contributed by atoms with Crippen molar-refractivity contribution in [2.24, 2.45) is 11.1 Å². The number of hydrogen-bond donors (Lipinski definition) is 1. The van der Waals surface area contributed by atoms with Crippen molar-refractivity contribution in [1.29, 1.82) is 0 Å². The fraction of sp³-hybridized carbons (Fsp3) is 0.769. The first kappa shape index (κ1) is 13.0. The molecule has 1 aliphatic rings. The summed E-state index contributed by atoms with van der Waals surface area (Å²) in [5, 5.41) is 3.37. The summed E-state index contributed by atoms with van der Waals surface area (Å²) >= 11 is 1.74. The van der Waals surface area contributed by atoms with E-state index in [1.807, 2.05) is 0 Å². The average molecular weight is 253 g/mol. The van der Waals surface area contributed by atoms with Crippen LogP contribution in [0.4, 0.5) is 0 Å². The van der Waals surface area contributed by atoms with Gasteiger partial charge < -0.3 is 5.73 Å². The highest BCUT2D eigenvalue weighted by Gasteiger charge is 2.26. The molecule has 17 heavy (non-hydrogen) atoms. The first-order valence-electron chi connectivity index (χ1n) is 6.45. The molecule has 0 aromatic carbocycles. The van der Waals surface area contributed by atoms with E-state index in [-0.39, 0.29) is 0 Å². The summed E-state index contributed by atoms with van der Waals surface area (Å²) in [6.45, 7) is 8.83. The molecule has 0 saturated carbocycles. The Kier molecular flexibility index (Phi) is 4.17. The van der Waals surface area contributed by atoms with Crippen molar-refractivity contribution in [3.8, 4) is 0 Å². The number of rotatable bonds is 4. The SMILES string of the molecule is CC1(C)CCCN(Cc2csc(CCN)n2)C1. The van der Waals surface area contributed by atoms with Crippen LogP contribution in [0.1, 0.15) is 37.4 Å². The minimum Gasteiger partial charge on any atom is -0.330 e. The van der Waals surface area contributed by atoms with Gasteiger partial charge in [0.05, 0.1) is 10.7 Å². The van der Waals surface area contributed by atoms with E-state index in [0.29, 0.717) is 12.0 Å². The van der Waals surface area contributed by atoms with Gasteiger partial charge in [-0.25, -0.2) is 4.98 Å². The molecule has 2 heterocycles. The molecule has 3 nitrogen and oxygen atoms in total. The van der Waals surface area contributed by atoms with E-state index in [2.05, 4.69) is 29.1 Å². The normalized spacial score (nSPS) is 20.6. The molecular weight excluding hydrogens is 230 g/mol. The van der Waals surface area contributed by atoms with Gasteiger partial charge in [-0.05, 0) is 31.3 Å². The summed E-state index contributed by atoms with van der Waals surface area (Å²) in [4.78, 5) is 7.17. The third kappa shape index (κ3) is 3.76. The van der Waals surface area contributed by atoms with Gasteiger partial charge in [-0.1, -0.05) is 13.8 Å². The number of hydrogen-bond acceptors (Lipinski definition) is 4. The summed E-state index contributed by atoms with van der Waals surface area (Å²) in [5.41, 5.74) is 7.23. The van der Waals surface area contributed by atoms with Gasteiger partial charge in [0.2, 0.25) is 0 Å². The maximum absolute atomic E-state index is 5.55. The van der Waals surface area contributed by atoms with Gasteiger partial charge in [0, 0.05) is 24.9 Å². The Morgan fingerprint density at radius 2 is 2.35 bits per heavy atom. The fourth-order valence-corrected chi connectivity index (χ4v) is 3.37. The molecule has 2 N–H and O–H groups in total. The third-order valence-corrected chi connectivity index (χ3v) is 4.28. The lowest BCUT2D eigenvalue weighted by Crippen LogP contribution is -2.39. The van der Waals surface area contributed by atoms with Gasteiger partial charge in [-0.2, -0.15) is 0 Å². The van der Waals surface area contributed by atoms with Crippen molar-refractivity contribution >= 4 is 11.3 Å². The lowest BCUT2D eigenvalue weighted by Gasteiger charge is -2.37. The van der Waals surface area contributed by atoms with Crippen LogP contribution in [0.5, 0.6) is 0 Å². The predicted molar refractivity (Wildman–Crippen MR) is 73.2 cm³/mol. The van der Waals surface area contributed by atoms with E-state index in [1.165, 1.54) is 36.6 Å². The number of piperidine rings is 1. The Morgan fingerprint density at radius 1 is 1.53 bits per heavy atom. The van der Waals surface area contributed by atoms with Crippen molar-refractivity contribution in [2.45, 2.75) is 39.7 Å². The molecule has 1 aliphatic heterocycles. The van der Waals surface area contributed by atoms with Gasteiger partial charge in [-0.15, -0.1) is 11.3 Å².